The summed E-state index contributed by atoms with van der Waals surface area (Å²) in [6.07, 6.45) is 1.55. The van der Waals surface area contributed by atoms with Crippen molar-refractivity contribution in [3.63, 3.8) is 0 Å². The normalized spacial score (nSPS) is 12.9. The number of fused-ring (bicyclic) bond motifs is 1. The molecular formula is C20H16BrFN2O3. The Kier molecular flexibility index (Phi) is 5.23. The van der Waals surface area contributed by atoms with Gasteiger partial charge < -0.3 is 4.90 Å². The number of benzene rings is 2. The SMILES string of the molecule is C=CCN(Cc1cc(Br)ccc1F)C(=O)c1ccc2c(c1)C(=O)N(C)C2=O. The largest absolute Gasteiger partial charge is 0.330 e. The van der Waals surface area contributed by atoms with Gasteiger partial charge in [0.1, 0.15) is 5.82 Å². The topological polar surface area (TPSA) is 57.7 Å². The van der Waals surface area contributed by atoms with Crippen LogP contribution in [0, 0.1) is 5.82 Å². The van der Waals surface area contributed by atoms with Crippen molar-refractivity contribution in [1.29, 1.82) is 0 Å². The molecule has 0 radical (unpaired) electrons. The Morgan fingerprint density at radius 1 is 1.19 bits per heavy atom. The van der Waals surface area contributed by atoms with E-state index in [2.05, 4.69) is 22.5 Å². The molecule has 3 rings (SSSR count). The van der Waals surface area contributed by atoms with Crippen LogP contribution in [-0.4, -0.2) is 41.1 Å². The first-order valence-electron chi connectivity index (χ1n) is 8.14. The molecule has 7 heteroatoms. The van der Waals surface area contributed by atoms with Crippen LogP contribution < -0.4 is 0 Å². The molecule has 1 aliphatic heterocycles. The molecule has 0 atom stereocenters. The molecule has 0 bridgehead atoms. The number of carbonyl (C=O) groups is 3. The molecule has 3 amide bonds. The van der Waals surface area contributed by atoms with E-state index in [0.29, 0.717) is 10.0 Å². The van der Waals surface area contributed by atoms with Gasteiger partial charge in [-0.25, -0.2) is 4.39 Å². The molecule has 0 aliphatic carbocycles. The lowest BCUT2D eigenvalue weighted by Crippen LogP contribution is -2.31. The van der Waals surface area contributed by atoms with Crippen LogP contribution in [0.4, 0.5) is 4.39 Å². The van der Waals surface area contributed by atoms with Gasteiger partial charge in [0.25, 0.3) is 17.7 Å². The third kappa shape index (κ3) is 3.55. The Hall–Kier alpha value is -2.80. The van der Waals surface area contributed by atoms with Crippen LogP contribution in [0.15, 0.2) is 53.5 Å². The molecule has 27 heavy (non-hydrogen) atoms. The Balaban J connectivity index is 1.92. The zero-order valence-corrected chi connectivity index (χ0v) is 16.1. The molecule has 138 valence electrons. The van der Waals surface area contributed by atoms with E-state index in [4.69, 9.17) is 0 Å². The first kappa shape index (κ1) is 19.0. The molecular weight excluding hydrogens is 415 g/mol. The summed E-state index contributed by atoms with van der Waals surface area (Å²) in [5, 5.41) is 0. The second kappa shape index (κ2) is 7.44. The van der Waals surface area contributed by atoms with Gasteiger partial charge in [-0.2, -0.15) is 0 Å². The summed E-state index contributed by atoms with van der Waals surface area (Å²) in [7, 11) is 1.40. The Morgan fingerprint density at radius 2 is 1.89 bits per heavy atom. The zero-order valence-electron chi connectivity index (χ0n) is 14.5. The molecule has 2 aromatic carbocycles. The Morgan fingerprint density at radius 3 is 2.59 bits per heavy atom. The minimum Gasteiger partial charge on any atom is -0.330 e. The van der Waals surface area contributed by atoms with Gasteiger partial charge >= 0.3 is 0 Å². The van der Waals surface area contributed by atoms with Crippen molar-refractivity contribution in [3.05, 3.63) is 81.6 Å². The number of halogens is 2. The van der Waals surface area contributed by atoms with Gasteiger partial charge in [0.05, 0.1) is 11.1 Å². The molecule has 1 heterocycles. The predicted molar refractivity (Wildman–Crippen MR) is 102 cm³/mol. The minimum atomic E-state index is -0.446. The summed E-state index contributed by atoms with van der Waals surface area (Å²) in [4.78, 5) is 39.5. The lowest BCUT2D eigenvalue weighted by Gasteiger charge is -2.22. The molecule has 2 aromatic rings. The van der Waals surface area contributed by atoms with Gasteiger partial charge in [-0.3, -0.25) is 19.3 Å². The van der Waals surface area contributed by atoms with E-state index in [0.717, 1.165) is 4.90 Å². The van der Waals surface area contributed by atoms with Crippen LogP contribution in [0.25, 0.3) is 0 Å². The maximum atomic E-state index is 14.1. The van der Waals surface area contributed by atoms with Gasteiger partial charge in [-0.15, -0.1) is 6.58 Å². The second-order valence-electron chi connectivity index (χ2n) is 6.14. The number of hydrogen-bond donors (Lipinski definition) is 0. The minimum absolute atomic E-state index is 0.0417. The molecule has 0 unspecified atom stereocenters. The summed E-state index contributed by atoms with van der Waals surface area (Å²) in [6.45, 7) is 3.89. The van der Waals surface area contributed by atoms with Crippen LogP contribution in [0.1, 0.15) is 36.6 Å². The Bertz CT molecular complexity index is 974. The predicted octanol–water partition coefficient (Wildman–Crippen LogP) is 3.64. The van der Waals surface area contributed by atoms with Gasteiger partial charge in [0, 0.05) is 35.7 Å². The third-order valence-electron chi connectivity index (χ3n) is 4.34. The average Bonchev–Trinajstić information content (AvgIpc) is 2.87. The molecule has 0 fully saturated rings. The van der Waals surface area contributed by atoms with Crippen molar-refractivity contribution < 1.29 is 18.8 Å². The van der Waals surface area contributed by atoms with Crippen LogP contribution in [0.3, 0.4) is 0 Å². The number of amides is 3. The van der Waals surface area contributed by atoms with E-state index in [1.54, 1.807) is 18.2 Å². The molecule has 0 saturated carbocycles. The monoisotopic (exact) mass is 430 g/mol. The number of carbonyl (C=O) groups excluding carboxylic acids is 3. The maximum absolute atomic E-state index is 14.1. The zero-order chi connectivity index (χ0) is 19.7. The molecule has 1 aliphatic rings. The molecule has 0 spiro atoms. The lowest BCUT2D eigenvalue weighted by atomic mass is 10.0. The van der Waals surface area contributed by atoms with E-state index < -0.39 is 17.6 Å². The van der Waals surface area contributed by atoms with Crippen LogP contribution >= 0.6 is 15.9 Å². The first-order valence-corrected chi connectivity index (χ1v) is 8.93. The van der Waals surface area contributed by atoms with Crippen molar-refractivity contribution in [2.24, 2.45) is 0 Å². The third-order valence-corrected chi connectivity index (χ3v) is 4.84. The molecule has 0 N–H and O–H groups in total. The lowest BCUT2D eigenvalue weighted by molar-refractivity contribution is 0.0692. The summed E-state index contributed by atoms with van der Waals surface area (Å²) < 4.78 is 14.8. The quantitative estimate of drug-likeness (QED) is 0.537. The van der Waals surface area contributed by atoms with Gasteiger partial charge in [0.15, 0.2) is 0 Å². The van der Waals surface area contributed by atoms with E-state index in [1.165, 1.54) is 36.2 Å². The fourth-order valence-corrected chi connectivity index (χ4v) is 3.33. The highest BCUT2D eigenvalue weighted by molar-refractivity contribution is 9.10. The number of rotatable bonds is 5. The van der Waals surface area contributed by atoms with Crippen molar-refractivity contribution >= 4 is 33.7 Å². The highest BCUT2D eigenvalue weighted by atomic mass is 79.9. The number of nitrogens with zero attached hydrogens (tertiary/aromatic N) is 2. The van der Waals surface area contributed by atoms with Gasteiger partial charge in [-0.05, 0) is 36.4 Å². The van der Waals surface area contributed by atoms with Crippen LogP contribution in [0.5, 0.6) is 0 Å². The summed E-state index contributed by atoms with van der Waals surface area (Å²) >= 11 is 3.29. The Labute approximate surface area is 164 Å². The highest BCUT2D eigenvalue weighted by Gasteiger charge is 2.33. The fourth-order valence-electron chi connectivity index (χ4n) is 2.92. The van der Waals surface area contributed by atoms with Crippen molar-refractivity contribution in [2.75, 3.05) is 13.6 Å². The van der Waals surface area contributed by atoms with E-state index in [9.17, 15) is 18.8 Å². The molecule has 0 aromatic heterocycles. The van der Waals surface area contributed by atoms with E-state index in [-0.39, 0.29) is 35.7 Å². The van der Waals surface area contributed by atoms with Crippen LogP contribution in [0.2, 0.25) is 0 Å². The van der Waals surface area contributed by atoms with Crippen molar-refractivity contribution in [3.8, 4) is 0 Å². The van der Waals surface area contributed by atoms with Crippen LogP contribution in [-0.2, 0) is 6.54 Å². The standard InChI is InChI=1S/C20H16BrFN2O3/c1-3-8-24(11-13-9-14(21)5-7-17(13)22)18(25)12-4-6-15-16(10-12)20(27)23(2)19(15)26/h3-7,9-10H,1,8,11H2,2H3. The maximum Gasteiger partial charge on any atom is 0.261 e. The number of imide groups is 1. The van der Waals surface area contributed by atoms with Gasteiger partial charge in [0.2, 0.25) is 0 Å². The fraction of sp³-hybridized carbons (Fsp3) is 0.150. The highest BCUT2D eigenvalue weighted by Crippen LogP contribution is 2.24. The second-order valence-corrected chi connectivity index (χ2v) is 7.06. The number of hydrogen-bond acceptors (Lipinski definition) is 3. The summed E-state index contributed by atoms with van der Waals surface area (Å²) in [5.74, 6) is -1.64. The summed E-state index contributed by atoms with van der Waals surface area (Å²) in [6, 6.07) is 8.90. The first-order chi connectivity index (χ1) is 12.8. The molecule has 0 saturated heterocycles. The average molecular weight is 431 g/mol. The van der Waals surface area contributed by atoms with E-state index in [1.807, 2.05) is 0 Å². The van der Waals surface area contributed by atoms with Crippen molar-refractivity contribution in [2.45, 2.75) is 6.54 Å². The smallest absolute Gasteiger partial charge is 0.261 e. The van der Waals surface area contributed by atoms with E-state index >= 15 is 0 Å². The van der Waals surface area contributed by atoms with Crippen molar-refractivity contribution in [1.82, 2.24) is 9.80 Å². The molecule has 5 nitrogen and oxygen atoms in total. The van der Waals surface area contributed by atoms with Gasteiger partial charge in [-0.1, -0.05) is 22.0 Å². The summed E-state index contributed by atoms with van der Waals surface area (Å²) in [5.41, 5.74) is 1.07.